The summed E-state index contributed by atoms with van der Waals surface area (Å²) in [5, 5.41) is 18.8. The van der Waals surface area contributed by atoms with Crippen LogP contribution >= 0.6 is 0 Å². The fourth-order valence-electron chi connectivity index (χ4n) is 1.68. The molecule has 8 heteroatoms. The number of halogens is 3. The molecule has 0 aliphatic rings. The van der Waals surface area contributed by atoms with Gasteiger partial charge in [-0.3, -0.25) is 0 Å². The maximum Gasteiger partial charge on any atom is 0.416 e. The van der Waals surface area contributed by atoms with Crippen LogP contribution in [0.1, 0.15) is 19.4 Å². The maximum absolute atomic E-state index is 12.6. The van der Waals surface area contributed by atoms with Crippen LogP contribution in [-0.4, -0.2) is 37.1 Å². The van der Waals surface area contributed by atoms with E-state index < -0.39 is 50.4 Å². The molecule has 0 saturated carbocycles. The standard InChI is InChI=1S/C13H17F3O4S/c1-9(18)12(2,7-17)8-21(19,20)11-5-3-4-10(6-11)13(14,15)16/h3-6,9,17-18H,7-8H2,1-2H3/t9-,12?/m0/s1. The van der Waals surface area contributed by atoms with E-state index in [9.17, 15) is 31.8 Å². The van der Waals surface area contributed by atoms with E-state index in [0.717, 1.165) is 18.2 Å². The third-order valence-corrected chi connectivity index (χ3v) is 5.42. The van der Waals surface area contributed by atoms with Gasteiger partial charge >= 0.3 is 6.18 Å². The molecule has 0 saturated heterocycles. The minimum absolute atomic E-state index is 0.488. The Morgan fingerprint density at radius 2 is 1.86 bits per heavy atom. The van der Waals surface area contributed by atoms with Crippen molar-refractivity contribution in [3.63, 3.8) is 0 Å². The van der Waals surface area contributed by atoms with Gasteiger partial charge in [-0.1, -0.05) is 13.0 Å². The van der Waals surface area contributed by atoms with Gasteiger partial charge in [-0.05, 0) is 25.1 Å². The lowest BCUT2D eigenvalue weighted by atomic mass is 9.88. The van der Waals surface area contributed by atoms with E-state index in [1.807, 2.05) is 0 Å². The smallest absolute Gasteiger partial charge is 0.396 e. The first kappa shape index (κ1) is 17.9. The van der Waals surface area contributed by atoms with Crippen LogP contribution in [-0.2, 0) is 16.0 Å². The lowest BCUT2D eigenvalue weighted by molar-refractivity contribution is -0.137. The number of aliphatic hydroxyl groups excluding tert-OH is 2. The molecule has 1 unspecified atom stereocenters. The molecule has 0 heterocycles. The first-order valence-corrected chi connectivity index (χ1v) is 7.76. The van der Waals surface area contributed by atoms with E-state index in [4.69, 9.17) is 0 Å². The van der Waals surface area contributed by atoms with E-state index >= 15 is 0 Å². The highest BCUT2D eigenvalue weighted by Crippen LogP contribution is 2.32. The molecule has 1 aromatic rings. The Kier molecular flexibility index (Phi) is 5.07. The summed E-state index contributed by atoms with van der Waals surface area (Å²) in [5.74, 6) is -0.657. The van der Waals surface area contributed by atoms with Crippen LogP contribution < -0.4 is 0 Å². The minimum atomic E-state index is -4.64. The Bertz CT molecular complexity index is 596. The van der Waals surface area contributed by atoms with Gasteiger partial charge < -0.3 is 10.2 Å². The summed E-state index contributed by atoms with van der Waals surface area (Å²) in [5.41, 5.74) is -2.42. The Balaban J connectivity index is 3.21. The van der Waals surface area contributed by atoms with E-state index in [2.05, 4.69) is 0 Å². The molecule has 2 N–H and O–H groups in total. The zero-order valence-electron chi connectivity index (χ0n) is 11.6. The van der Waals surface area contributed by atoms with Crippen LogP contribution in [0, 0.1) is 5.41 Å². The molecule has 0 aliphatic heterocycles. The van der Waals surface area contributed by atoms with E-state index in [1.165, 1.54) is 13.8 Å². The number of benzene rings is 1. The molecule has 1 aromatic carbocycles. The fourth-order valence-corrected chi connectivity index (χ4v) is 3.64. The van der Waals surface area contributed by atoms with Crippen LogP contribution in [0.25, 0.3) is 0 Å². The Labute approximate surface area is 121 Å². The summed E-state index contributed by atoms with van der Waals surface area (Å²) in [4.78, 5) is -0.488. The number of rotatable bonds is 5. The number of alkyl halides is 3. The molecule has 0 spiro atoms. The molecular formula is C13H17F3O4S. The Morgan fingerprint density at radius 1 is 1.29 bits per heavy atom. The van der Waals surface area contributed by atoms with E-state index in [1.54, 1.807) is 0 Å². The summed E-state index contributed by atoms with van der Waals surface area (Å²) >= 11 is 0. The maximum atomic E-state index is 12.6. The van der Waals surface area contributed by atoms with Gasteiger partial charge in [0, 0.05) is 5.41 Å². The van der Waals surface area contributed by atoms with Gasteiger partial charge in [0.1, 0.15) is 0 Å². The van der Waals surface area contributed by atoms with Crippen molar-refractivity contribution in [3.05, 3.63) is 29.8 Å². The summed E-state index contributed by atoms with van der Waals surface area (Å²) in [6.45, 7) is 2.06. The first-order valence-electron chi connectivity index (χ1n) is 6.11. The molecule has 0 bridgehead atoms. The molecule has 0 radical (unpaired) electrons. The second kappa shape index (κ2) is 5.94. The molecule has 21 heavy (non-hydrogen) atoms. The lowest BCUT2D eigenvalue weighted by Gasteiger charge is -2.30. The van der Waals surface area contributed by atoms with Gasteiger partial charge in [-0.2, -0.15) is 13.2 Å². The van der Waals surface area contributed by atoms with E-state index in [-0.39, 0.29) is 0 Å². The summed E-state index contributed by atoms with van der Waals surface area (Å²) in [6.07, 6.45) is -5.78. The molecule has 0 amide bonds. The van der Waals surface area contributed by atoms with Gasteiger partial charge in [-0.15, -0.1) is 0 Å². The largest absolute Gasteiger partial charge is 0.416 e. The van der Waals surface area contributed by atoms with Crippen molar-refractivity contribution in [2.75, 3.05) is 12.4 Å². The van der Waals surface area contributed by atoms with Gasteiger partial charge in [0.05, 0.1) is 28.9 Å². The van der Waals surface area contributed by atoms with E-state index in [0.29, 0.717) is 6.07 Å². The highest BCUT2D eigenvalue weighted by Gasteiger charge is 2.37. The Hall–Kier alpha value is -1.12. The van der Waals surface area contributed by atoms with Gasteiger partial charge in [0.15, 0.2) is 9.84 Å². The molecule has 0 aliphatic carbocycles. The first-order chi connectivity index (χ1) is 9.42. The predicted molar refractivity (Wildman–Crippen MR) is 70.4 cm³/mol. The molecular weight excluding hydrogens is 309 g/mol. The number of sulfone groups is 1. The molecule has 1 rings (SSSR count). The summed E-state index contributed by atoms with van der Waals surface area (Å²) in [7, 11) is -4.08. The zero-order valence-corrected chi connectivity index (χ0v) is 12.4. The number of hydrogen-bond acceptors (Lipinski definition) is 4. The van der Waals surface area contributed by atoms with Crippen LogP contribution in [0.15, 0.2) is 29.2 Å². The predicted octanol–water partition coefficient (Wildman–Crippen LogP) is 1.86. The summed E-state index contributed by atoms with van der Waals surface area (Å²) < 4.78 is 62.2. The van der Waals surface area contributed by atoms with Crippen molar-refractivity contribution in [3.8, 4) is 0 Å². The quantitative estimate of drug-likeness (QED) is 0.866. The van der Waals surface area contributed by atoms with Crippen molar-refractivity contribution in [2.24, 2.45) is 5.41 Å². The zero-order chi connectivity index (χ0) is 16.5. The van der Waals surface area contributed by atoms with Crippen LogP contribution in [0.3, 0.4) is 0 Å². The normalized spacial score (nSPS) is 17.3. The lowest BCUT2D eigenvalue weighted by Crippen LogP contribution is -2.40. The van der Waals surface area contributed by atoms with Gasteiger partial charge in [0.25, 0.3) is 0 Å². The Morgan fingerprint density at radius 3 is 2.29 bits per heavy atom. The van der Waals surface area contributed by atoms with Gasteiger partial charge in [0.2, 0.25) is 0 Å². The van der Waals surface area contributed by atoms with Crippen molar-refractivity contribution in [2.45, 2.75) is 31.0 Å². The highest BCUT2D eigenvalue weighted by atomic mass is 32.2. The highest BCUT2D eigenvalue weighted by molar-refractivity contribution is 7.91. The van der Waals surface area contributed by atoms with Crippen LogP contribution in [0.5, 0.6) is 0 Å². The molecule has 0 fully saturated rings. The molecule has 120 valence electrons. The van der Waals surface area contributed by atoms with Crippen LogP contribution in [0.2, 0.25) is 0 Å². The van der Waals surface area contributed by atoms with Crippen LogP contribution in [0.4, 0.5) is 13.2 Å². The molecule has 4 nitrogen and oxygen atoms in total. The van der Waals surface area contributed by atoms with Crippen molar-refractivity contribution in [1.29, 1.82) is 0 Å². The fraction of sp³-hybridized carbons (Fsp3) is 0.538. The SMILES string of the molecule is C[C@H](O)C(C)(CO)CS(=O)(=O)c1cccc(C(F)(F)F)c1. The molecule has 2 atom stereocenters. The summed E-state index contributed by atoms with van der Waals surface area (Å²) in [6, 6.07) is 3.40. The average Bonchev–Trinajstić information content (AvgIpc) is 2.37. The topological polar surface area (TPSA) is 74.6 Å². The monoisotopic (exact) mass is 326 g/mol. The number of hydrogen-bond donors (Lipinski definition) is 2. The third kappa shape index (κ3) is 4.18. The second-order valence-electron chi connectivity index (χ2n) is 5.27. The van der Waals surface area contributed by atoms with Crippen molar-refractivity contribution >= 4 is 9.84 Å². The third-order valence-electron chi connectivity index (χ3n) is 3.41. The molecule has 0 aromatic heterocycles. The average molecular weight is 326 g/mol. The second-order valence-corrected chi connectivity index (χ2v) is 7.26. The van der Waals surface area contributed by atoms with Crippen molar-refractivity contribution < 1.29 is 31.8 Å². The number of aliphatic hydroxyl groups is 2. The van der Waals surface area contributed by atoms with Gasteiger partial charge in [-0.25, -0.2) is 8.42 Å². The minimum Gasteiger partial charge on any atom is -0.396 e. The van der Waals surface area contributed by atoms with Crippen molar-refractivity contribution in [1.82, 2.24) is 0 Å².